The molecule has 1 fully saturated rings. The number of hydrogen-bond donors (Lipinski definition) is 2. The lowest BCUT2D eigenvalue weighted by Crippen LogP contribution is -2.40. The minimum Gasteiger partial charge on any atom is -0.383 e. The van der Waals surface area contributed by atoms with Crippen molar-refractivity contribution in [3.8, 4) is 11.1 Å². The Labute approximate surface area is 227 Å². The fraction of sp³-hybridized carbons (Fsp3) is 0.345. The first kappa shape index (κ1) is 27.4. The molecule has 0 saturated carbocycles. The number of halogens is 3. The molecule has 4 rings (SSSR count). The van der Waals surface area contributed by atoms with E-state index in [1.807, 2.05) is 24.3 Å². The number of piperidine rings is 1. The number of methoxy groups -OCH3 is 1. The van der Waals surface area contributed by atoms with Gasteiger partial charge in [0.05, 0.1) is 11.6 Å². The van der Waals surface area contributed by atoms with Crippen LogP contribution in [0.4, 0.5) is 14.9 Å². The van der Waals surface area contributed by atoms with E-state index in [9.17, 15) is 9.18 Å². The van der Waals surface area contributed by atoms with Crippen molar-refractivity contribution >= 4 is 34.9 Å². The zero-order valence-corrected chi connectivity index (χ0v) is 22.4. The molecule has 2 N–H and O–H groups in total. The van der Waals surface area contributed by atoms with E-state index >= 15 is 0 Å². The Balaban J connectivity index is 1.46. The summed E-state index contributed by atoms with van der Waals surface area (Å²) in [5, 5.41) is 6.45. The van der Waals surface area contributed by atoms with Crippen molar-refractivity contribution in [3.63, 3.8) is 0 Å². The molecule has 1 atom stereocenters. The van der Waals surface area contributed by atoms with Crippen LogP contribution in [0.1, 0.15) is 24.3 Å². The van der Waals surface area contributed by atoms with Crippen molar-refractivity contribution < 1.29 is 13.9 Å². The highest BCUT2D eigenvalue weighted by atomic mass is 35.5. The molecule has 1 saturated heterocycles. The van der Waals surface area contributed by atoms with Gasteiger partial charge >= 0.3 is 6.03 Å². The van der Waals surface area contributed by atoms with Gasteiger partial charge in [-0.05, 0) is 78.9 Å². The Hall–Kier alpha value is -2.64. The Bertz CT molecular complexity index is 1180. The number of anilines is 1. The van der Waals surface area contributed by atoms with Crippen LogP contribution >= 0.6 is 23.2 Å². The summed E-state index contributed by atoms with van der Waals surface area (Å²) in [6.45, 7) is 4.16. The number of likely N-dealkylation sites (tertiary alicyclic amines) is 1. The second kappa shape index (κ2) is 13.2. The summed E-state index contributed by atoms with van der Waals surface area (Å²) < 4.78 is 18.7. The van der Waals surface area contributed by atoms with Gasteiger partial charge in [0.2, 0.25) is 0 Å². The summed E-state index contributed by atoms with van der Waals surface area (Å²) in [6.07, 6.45) is 2.09. The predicted molar refractivity (Wildman–Crippen MR) is 149 cm³/mol. The Morgan fingerprint density at radius 1 is 1.05 bits per heavy atom. The molecule has 1 aliphatic heterocycles. The number of carbonyl (C=O) groups is 1. The van der Waals surface area contributed by atoms with Gasteiger partial charge < -0.3 is 20.3 Å². The normalized spacial score (nSPS) is 15.4. The van der Waals surface area contributed by atoms with Crippen molar-refractivity contribution in [2.75, 3.05) is 45.2 Å². The van der Waals surface area contributed by atoms with Crippen molar-refractivity contribution in [1.29, 1.82) is 0 Å². The fourth-order valence-corrected chi connectivity index (χ4v) is 5.27. The molecule has 0 spiro atoms. The smallest absolute Gasteiger partial charge is 0.319 e. The monoisotopic (exact) mass is 543 g/mol. The number of urea groups is 1. The SMILES string of the molecule is COCCN1CCC(C(CNC(=O)Nc2ccc(F)c(Cl)c2)c2ccc(-c3cccc(Cl)c3)cc2)CC1. The first-order chi connectivity index (χ1) is 17.9. The third kappa shape index (κ3) is 7.68. The van der Waals surface area contributed by atoms with E-state index in [0.717, 1.165) is 50.2 Å². The van der Waals surface area contributed by atoms with Crippen LogP contribution in [-0.2, 0) is 4.74 Å². The molecule has 0 aromatic heterocycles. The molecule has 5 nitrogen and oxygen atoms in total. The summed E-state index contributed by atoms with van der Waals surface area (Å²) in [5.74, 6) is 0.0580. The van der Waals surface area contributed by atoms with Crippen LogP contribution in [0.3, 0.4) is 0 Å². The van der Waals surface area contributed by atoms with Gasteiger partial charge in [-0.25, -0.2) is 9.18 Å². The molecule has 1 heterocycles. The highest BCUT2D eigenvalue weighted by Gasteiger charge is 2.28. The number of hydrogen-bond acceptors (Lipinski definition) is 3. The van der Waals surface area contributed by atoms with Gasteiger partial charge in [0.1, 0.15) is 5.82 Å². The van der Waals surface area contributed by atoms with Crippen LogP contribution < -0.4 is 10.6 Å². The van der Waals surface area contributed by atoms with Gasteiger partial charge in [0.15, 0.2) is 0 Å². The number of amides is 2. The van der Waals surface area contributed by atoms with Crippen LogP contribution in [0.2, 0.25) is 10.0 Å². The number of benzene rings is 3. The second-order valence-electron chi connectivity index (χ2n) is 9.37. The fourth-order valence-electron chi connectivity index (χ4n) is 4.90. The van der Waals surface area contributed by atoms with Crippen molar-refractivity contribution in [3.05, 3.63) is 88.2 Å². The minimum absolute atomic E-state index is 0.0318. The highest BCUT2D eigenvalue weighted by Crippen LogP contribution is 2.34. The topological polar surface area (TPSA) is 53.6 Å². The Kier molecular flexibility index (Phi) is 9.81. The third-order valence-corrected chi connectivity index (χ3v) is 7.49. The largest absolute Gasteiger partial charge is 0.383 e. The minimum atomic E-state index is -0.522. The van der Waals surface area contributed by atoms with E-state index in [1.165, 1.54) is 23.8 Å². The zero-order chi connectivity index (χ0) is 26.2. The first-order valence-corrected chi connectivity index (χ1v) is 13.3. The predicted octanol–water partition coefficient (Wildman–Crippen LogP) is 7.06. The average Bonchev–Trinajstić information content (AvgIpc) is 2.91. The maximum absolute atomic E-state index is 13.5. The zero-order valence-electron chi connectivity index (χ0n) is 20.9. The van der Waals surface area contributed by atoms with Crippen LogP contribution in [0.15, 0.2) is 66.7 Å². The quantitative estimate of drug-likeness (QED) is 0.303. The molecule has 3 aromatic carbocycles. The lowest BCUT2D eigenvalue weighted by Gasteiger charge is -2.36. The summed E-state index contributed by atoms with van der Waals surface area (Å²) in [5.41, 5.74) is 3.79. The number of carbonyl (C=O) groups excluding carboxylic acids is 1. The van der Waals surface area contributed by atoms with Crippen molar-refractivity contribution in [2.45, 2.75) is 18.8 Å². The molecule has 8 heteroatoms. The number of nitrogens with zero attached hydrogens (tertiary/aromatic N) is 1. The van der Waals surface area contributed by atoms with Gasteiger partial charge in [-0.15, -0.1) is 0 Å². The van der Waals surface area contributed by atoms with Crippen LogP contribution in [0, 0.1) is 11.7 Å². The number of ether oxygens (including phenoxy) is 1. The molecule has 0 aliphatic carbocycles. The second-order valence-corrected chi connectivity index (χ2v) is 10.2. The van der Waals surface area contributed by atoms with Gasteiger partial charge in [0.25, 0.3) is 0 Å². The molecule has 37 heavy (non-hydrogen) atoms. The van der Waals surface area contributed by atoms with Gasteiger partial charge in [-0.2, -0.15) is 0 Å². The number of rotatable bonds is 9. The summed E-state index contributed by atoms with van der Waals surface area (Å²) >= 11 is 12.0. The van der Waals surface area contributed by atoms with Crippen LogP contribution in [0.5, 0.6) is 0 Å². The van der Waals surface area contributed by atoms with E-state index in [4.69, 9.17) is 27.9 Å². The Morgan fingerprint density at radius 3 is 2.49 bits per heavy atom. The van der Waals surface area contributed by atoms with Crippen LogP contribution in [-0.4, -0.2) is 50.8 Å². The van der Waals surface area contributed by atoms with E-state index in [0.29, 0.717) is 23.2 Å². The van der Waals surface area contributed by atoms with Gasteiger partial charge in [-0.3, -0.25) is 0 Å². The molecule has 0 bridgehead atoms. The van der Waals surface area contributed by atoms with E-state index in [-0.39, 0.29) is 17.0 Å². The highest BCUT2D eigenvalue weighted by molar-refractivity contribution is 6.31. The summed E-state index contributed by atoms with van der Waals surface area (Å²) in [6, 6.07) is 20.1. The van der Waals surface area contributed by atoms with Crippen molar-refractivity contribution in [1.82, 2.24) is 10.2 Å². The molecule has 196 valence electrons. The molecular formula is C29H32Cl2FN3O2. The van der Waals surface area contributed by atoms with Crippen molar-refractivity contribution in [2.24, 2.45) is 5.92 Å². The molecular weight excluding hydrogens is 512 g/mol. The Morgan fingerprint density at radius 2 is 1.81 bits per heavy atom. The summed E-state index contributed by atoms with van der Waals surface area (Å²) in [7, 11) is 1.73. The molecule has 3 aromatic rings. The maximum Gasteiger partial charge on any atom is 0.319 e. The molecule has 1 aliphatic rings. The standard InChI is InChI=1S/C29H32Cl2FN3O2/c1-37-16-15-35-13-11-22(12-14-35)26(19-33-29(36)34-25-9-10-28(32)27(31)18-25)21-7-5-20(6-8-21)23-3-2-4-24(30)17-23/h2-10,17-18,22,26H,11-16,19H2,1H3,(H2,33,34,36). The molecule has 2 amide bonds. The molecule has 1 unspecified atom stereocenters. The average molecular weight is 544 g/mol. The van der Waals surface area contributed by atoms with Gasteiger partial charge in [-0.1, -0.05) is 59.6 Å². The van der Waals surface area contributed by atoms with E-state index < -0.39 is 5.82 Å². The van der Waals surface area contributed by atoms with E-state index in [1.54, 1.807) is 7.11 Å². The summed E-state index contributed by atoms with van der Waals surface area (Å²) in [4.78, 5) is 15.1. The first-order valence-electron chi connectivity index (χ1n) is 12.5. The molecule has 0 radical (unpaired) electrons. The van der Waals surface area contributed by atoms with Gasteiger partial charge in [0, 0.05) is 36.8 Å². The third-order valence-electron chi connectivity index (χ3n) is 6.97. The van der Waals surface area contributed by atoms with Crippen LogP contribution in [0.25, 0.3) is 11.1 Å². The lowest BCUT2D eigenvalue weighted by atomic mass is 9.79. The lowest BCUT2D eigenvalue weighted by molar-refractivity contribution is 0.114. The number of nitrogens with one attached hydrogen (secondary N) is 2. The maximum atomic E-state index is 13.5. The van der Waals surface area contributed by atoms with E-state index in [2.05, 4.69) is 39.8 Å².